The highest BCUT2D eigenvalue weighted by molar-refractivity contribution is 6.04. The number of halogens is 5. The lowest BCUT2D eigenvalue weighted by molar-refractivity contribution is -0.221. The van der Waals surface area contributed by atoms with Gasteiger partial charge in [0.15, 0.2) is 17.7 Å². The topological polar surface area (TPSA) is 105 Å². The normalized spacial score (nSPS) is 21.5. The maximum Gasteiger partial charge on any atom is 0.415 e. The molecule has 1 aromatic rings. The number of fused-ring (bicyclic) bond motifs is 1. The minimum Gasteiger partial charge on any atom is -0.387 e. The number of aliphatic hydroxyl groups is 2. The second kappa shape index (κ2) is 5.26. The zero-order chi connectivity index (χ0) is 17.7. The third-order valence-electron chi connectivity index (χ3n) is 3.50. The average molecular weight is 332 g/mol. The Morgan fingerprint density at radius 1 is 1.09 bits per heavy atom. The first-order valence-electron chi connectivity index (χ1n) is 5.90. The zero-order valence-corrected chi connectivity index (χ0v) is 10.8. The third-order valence-corrected chi connectivity index (χ3v) is 3.50. The molecule has 0 radical (unpaired) electrons. The summed E-state index contributed by atoms with van der Waals surface area (Å²) in [6.45, 7) is 0. The molecule has 0 aromatic heterocycles. The molecule has 0 fully saturated rings. The molecular weight excluding hydrogens is 327 g/mol. The number of nitriles is 2. The summed E-state index contributed by atoms with van der Waals surface area (Å²) in [5.74, 6) is -7.66. The standard InChI is InChI=1S/C13H5F5N2O3/c14-8-3(1-19)4(2-20)9(15)6-5(8)10(21)7(11(6)22)12(23)13(16,17)18/h7,10,12,21,23H. The third kappa shape index (κ3) is 2.23. The molecule has 1 aliphatic rings. The van der Waals surface area contributed by atoms with E-state index in [0.717, 1.165) is 12.1 Å². The molecule has 120 valence electrons. The van der Waals surface area contributed by atoms with E-state index in [1.54, 1.807) is 0 Å². The van der Waals surface area contributed by atoms with Crippen LogP contribution >= 0.6 is 0 Å². The zero-order valence-electron chi connectivity index (χ0n) is 10.8. The van der Waals surface area contributed by atoms with Crippen molar-refractivity contribution in [2.75, 3.05) is 0 Å². The Hall–Kier alpha value is -2.56. The van der Waals surface area contributed by atoms with Crippen LogP contribution in [-0.2, 0) is 0 Å². The number of hydrogen-bond donors (Lipinski definition) is 2. The molecule has 3 atom stereocenters. The molecule has 0 heterocycles. The molecule has 1 aliphatic carbocycles. The van der Waals surface area contributed by atoms with Crippen LogP contribution in [0.3, 0.4) is 0 Å². The number of carbonyl (C=O) groups excluding carboxylic acids is 1. The number of alkyl halides is 3. The van der Waals surface area contributed by atoms with Crippen molar-refractivity contribution in [3.63, 3.8) is 0 Å². The van der Waals surface area contributed by atoms with Crippen LogP contribution in [0.4, 0.5) is 22.0 Å². The minimum absolute atomic E-state index is 1.14. The Morgan fingerprint density at radius 3 is 2.00 bits per heavy atom. The van der Waals surface area contributed by atoms with Crippen LogP contribution in [0.2, 0.25) is 0 Å². The predicted molar refractivity (Wildman–Crippen MR) is 60.6 cm³/mol. The summed E-state index contributed by atoms with van der Waals surface area (Å²) in [4.78, 5) is 11.9. The molecule has 2 rings (SSSR count). The molecule has 0 saturated heterocycles. The van der Waals surface area contributed by atoms with Gasteiger partial charge in [0.1, 0.15) is 29.1 Å². The van der Waals surface area contributed by atoms with Crippen molar-refractivity contribution in [3.8, 4) is 12.1 Å². The molecule has 5 nitrogen and oxygen atoms in total. The number of ketones is 1. The molecule has 10 heteroatoms. The first kappa shape index (κ1) is 16.8. The van der Waals surface area contributed by atoms with Gasteiger partial charge >= 0.3 is 6.18 Å². The molecule has 0 bridgehead atoms. The van der Waals surface area contributed by atoms with Gasteiger partial charge in [-0.25, -0.2) is 8.78 Å². The van der Waals surface area contributed by atoms with Crippen molar-refractivity contribution in [2.45, 2.75) is 18.4 Å². The molecule has 0 aliphatic heterocycles. The van der Waals surface area contributed by atoms with Crippen molar-refractivity contribution < 1.29 is 37.0 Å². The highest BCUT2D eigenvalue weighted by Crippen LogP contribution is 2.45. The Labute approximate surface area is 124 Å². The molecule has 3 unspecified atom stereocenters. The number of nitrogens with zero attached hydrogens (tertiary/aromatic N) is 2. The monoisotopic (exact) mass is 332 g/mol. The van der Waals surface area contributed by atoms with E-state index in [1.807, 2.05) is 0 Å². The molecule has 0 spiro atoms. The second-order valence-electron chi connectivity index (χ2n) is 4.71. The largest absolute Gasteiger partial charge is 0.415 e. The van der Waals surface area contributed by atoms with Gasteiger partial charge in [-0.3, -0.25) is 4.79 Å². The van der Waals surface area contributed by atoms with E-state index in [2.05, 4.69) is 0 Å². The molecule has 2 N–H and O–H groups in total. The SMILES string of the molecule is N#Cc1c(F)c2c(c(F)c1C#N)C(O)C(C(O)C(F)(F)F)C2=O. The molecule has 0 amide bonds. The van der Waals surface area contributed by atoms with E-state index >= 15 is 0 Å². The van der Waals surface area contributed by atoms with Gasteiger partial charge < -0.3 is 10.2 Å². The van der Waals surface area contributed by atoms with Gasteiger partial charge in [-0.15, -0.1) is 0 Å². The number of rotatable bonds is 1. The predicted octanol–water partition coefficient (Wildman–Crippen LogP) is 1.48. The maximum atomic E-state index is 14.1. The quantitative estimate of drug-likeness (QED) is 0.758. The second-order valence-corrected chi connectivity index (χ2v) is 4.71. The number of Topliss-reactive ketones (excluding diaryl/α,β-unsaturated/α-hetero) is 1. The van der Waals surface area contributed by atoms with Crippen LogP contribution in [0.1, 0.15) is 33.2 Å². The van der Waals surface area contributed by atoms with Crippen molar-refractivity contribution in [1.82, 2.24) is 0 Å². The summed E-state index contributed by atoms with van der Waals surface area (Å²) in [6, 6.07) is 2.29. The van der Waals surface area contributed by atoms with Crippen LogP contribution in [-0.4, -0.2) is 28.3 Å². The van der Waals surface area contributed by atoms with E-state index < -0.39 is 64.0 Å². The average Bonchev–Trinajstić information content (AvgIpc) is 2.72. The van der Waals surface area contributed by atoms with Crippen LogP contribution in [0.5, 0.6) is 0 Å². The summed E-state index contributed by atoms with van der Waals surface area (Å²) < 4.78 is 65.9. The first-order chi connectivity index (χ1) is 10.6. The molecular formula is C13H5F5N2O3. The highest BCUT2D eigenvalue weighted by Gasteiger charge is 2.55. The number of aliphatic hydroxyl groups excluding tert-OH is 2. The fraction of sp³-hybridized carbons (Fsp3) is 0.308. The lowest BCUT2D eigenvalue weighted by atomic mass is 9.95. The summed E-state index contributed by atoms with van der Waals surface area (Å²) in [7, 11) is 0. The highest BCUT2D eigenvalue weighted by atomic mass is 19.4. The van der Waals surface area contributed by atoms with Gasteiger partial charge in [0.25, 0.3) is 0 Å². The summed E-state index contributed by atoms with van der Waals surface area (Å²) in [5.41, 5.74) is -4.74. The first-order valence-corrected chi connectivity index (χ1v) is 5.90. The van der Waals surface area contributed by atoms with Gasteiger partial charge in [-0.1, -0.05) is 0 Å². The van der Waals surface area contributed by atoms with Gasteiger partial charge in [0, 0.05) is 5.56 Å². The fourth-order valence-electron chi connectivity index (χ4n) is 2.44. The van der Waals surface area contributed by atoms with E-state index in [4.69, 9.17) is 15.6 Å². The van der Waals surface area contributed by atoms with E-state index in [-0.39, 0.29) is 0 Å². The number of hydrogen-bond acceptors (Lipinski definition) is 5. The van der Waals surface area contributed by atoms with Crippen molar-refractivity contribution in [2.24, 2.45) is 5.92 Å². The molecule has 23 heavy (non-hydrogen) atoms. The van der Waals surface area contributed by atoms with Gasteiger partial charge in [0.05, 0.1) is 17.6 Å². The van der Waals surface area contributed by atoms with Crippen molar-refractivity contribution in [1.29, 1.82) is 10.5 Å². The van der Waals surface area contributed by atoms with Crippen LogP contribution in [0.25, 0.3) is 0 Å². The van der Waals surface area contributed by atoms with Crippen molar-refractivity contribution >= 4 is 5.78 Å². The summed E-state index contributed by atoms with van der Waals surface area (Å²) >= 11 is 0. The molecule has 0 saturated carbocycles. The van der Waals surface area contributed by atoms with Crippen molar-refractivity contribution in [3.05, 3.63) is 33.9 Å². The van der Waals surface area contributed by atoms with Gasteiger partial charge in [-0.05, 0) is 0 Å². The summed E-state index contributed by atoms with van der Waals surface area (Å²) in [6.07, 6.45) is -11.2. The van der Waals surface area contributed by atoms with Gasteiger partial charge in [0.2, 0.25) is 0 Å². The Bertz CT molecular complexity index is 791. The number of carbonyl (C=O) groups is 1. The number of benzene rings is 1. The van der Waals surface area contributed by atoms with E-state index in [0.29, 0.717) is 0 Å². The fourth-order valence-corrected chi connectivity index (χ4v) is 2.44. The Balaban J connectivity index is 2.76. The van der Waals surface area contributed by atoms with E-state index in [9.17, 15) is 31.9 Å². The Kier molecular flexibility index (Phi) is 3.85. The lowest BCUT2D eigenvalue weighted by Crippen LogP contribution is -2.40. The Morgan fingerprint density at radius 2 is 1.57 bits per heavy atom. The van der Waals surface area contributed by atoms with Crippen LogP contribution in [0.15, 0.2) is 0 Å². The minimum atomic E-state index is -5.33. The summed E-state index contributed by atoms with van der Waals surface area (Å²) in [5, 5.41) is 36.4. The van der Waals surface area contributed by atoms with Crippen LogP contribution in [0, 0.1) is 40.2 Å². The van der Waals surface area contributed by atoms with Gasteiger partial charge in [-0.2, -0.15) is 23.7 Å². The van der Waals surface area contributed by atoms with E-state index in [1.165, 1.54) is 0 Å². The smallest absolute Gasteiger partial charge is 0.387 e. The lowest BCUT2D eigenvalue weighted by Gasteiger charge is -2.22. The molecule has 1 aromatic carbocycles. The van der Waals surface area contributed by atoms with Crippen LogP contribution < -0.4 is 0 Å². The maximum absolute atomic E-state index is 14.1.